The van der Waals surface area contributed by atoms with Gasteiger partial charge < -0.3 is 5.11 Å². The Morgan fingerprint density at radius 3 is 2.75 bits per heavy atom. The lowest BCUT2D eigenvalue weighted by atomic mass is 10.1. The Bertz CT molecular complexity index is 374. The van der Waals surface area contributed by atoms with E-state index < -0.39 is 5.97 Å². The minimum atomic E-state index is -0.798. The molecule has 0 aromatic carbocycles. The van der Waals surface area contributed by atoms with Crippen LogP contribution in [0.5, 0.6) is 0 Å². The molecule has 0 fully saturated rings. The van der Waals surface area contributed by atoms with Crippen molar-refractivity contribution in [3.05, 3.63) is 17.0 Å². The number of aliphatic carboxylic acids is 1. The first-order valence-electron chi connectivity index (χ1n) is 5.38. The lowest BCUT2D eigenvalue weighted by molar-refractivity contribution is -0.136. The number of thioether (sulfide) groups is 1. The molecule has 1 aromatic rings. The van der Waals surface area contributed by atoms with Crippen LogP contribution in [0.15, 0.2) is 0 Å². The van der Waals surface area contributed by atoms with E-state index in [-0.39, 0.29) is 6.42 Å². The largest absolute Gasteiger partial charge is 0.481 e. The van der Waals surface area contributed by atoms with Gasteiger partial charge in [0.1, 0.15) is 0 Å². The van der Waals surface area contributed by atoms with Crippen LogP contribution in [0.3, 0.4) is 0 Å². The Morgan fingerprint density at radius 1 is 1.50 bits per heavy atom. The van der Waals surface area contributed by atoms with Gasteiger partial charge in [0.05, 0.1) is 18.7 Å². The van der Waals surface area contributed by atoms with Crippen molar-refractivity contribution in [1.29, 1.82) is 0 Å². The quantitative estimate of drug-likeness (QED) is 0.774. The summed E-state index contributed by atoms with van der Waals surface area (Å²) < 4.78 is 1.91. The molecule has 0 saturated carbocycles. The molecule has 1 rings (SSSR count). The number of nitrogens with zero attached hydrogens (tertiary/aromatic N) is 2. The molecule has 0 saturated heterocycles. The zero-order valence-electron chi connectivity index (χ0n) is 9.99. The average molecular weight is 242 g/mol. The summed E-state index contributed by atoms with van der Waals surface area (Å²) >= 11 is 1.86. The maximum absolute atomic E-state index is 10.7. The van der Waals surface area contributed by atoms with Gasteiger partial charge in [-0.15, -0.1) is 0 Å². The third-order valence-electron chi connectivity index (χ3n) is 2.51. The summed E-state index contributed by atoms with van der Waals surface area (Å²) in [6.45, 7) is 6.79. The number of carboxylic acid groups (broad SMARTS) is 1. The van der Waals surface area contributed by atoms with E-state index in [2.05, 4.69) is 12.0 Å². The summed E-state index contributed by atoms with van der Waals surface area (Å²) in [5.74, 6) is 1.32. The van der Waals surface area contributed by atoms with E-state index in [4.69, 9.17) is 5.11 Å². The number of hydrogen-bond donors (Lipinski definition) is 1. The Morgan fingerprint density at radius 2 is 2.19 bits per heavy atom. The van der Waals surface area contributed by atoms with Crippen LogP contribution in [0.1, 0.15) is 23.9 Å². The van der Waals surface area contributed by atoms with Crippen molar-refractivity contribution >= 4 is 17.7 Å². The molecule has 1 N–H and O–H groups in total. The highest BCUT2D eigenvalue weighted by Gasteiger charge is 2.13. The number of carbonyl (C=O) groups is 1. The maximum atomic E-state index is 10.7. The van der Waals surface area contributed by atoms with Crippen molar-refractivity contribution < 1.29 is 9.90 Å². The molecular formula is C11H18N2O2S. The zero-order chi connectivity index (χ0) is 12.1. The molecule has 0 aliphatic carbocycles. The van der Waals surface area contributed by atoms with Gasteiger partial charge in [0.25, 0.3) is 0 Å². The molecule has 5 heteroatoms. The van der Waals surface area contributed by atoms with Gasteiger partial charge in [-0.25, -0.2) is 0 Å². The van der Waals surface area contributed by atoms with Crippen LogP contribution in [-0.2, 0) is 17.8 Å². The molecule has 0 atom stereocenters. The fraction of sp³-hybridized carbons (Fsp3) is 0.636. The molecule has 4 nitrogen and oxygen atoms in total. The van der Waals surface area contributed by atoms with Crippen LogP contribution in [0, 0.1) is 13.8 Å². The Labute approximate surface area is 100 Å². The van der Waals surface area contributed by atoms with Gasteiger partial charge in [0.15, 0.2) is 0 Å². The minimum Gasteiger partial charge on any atom is -0.481 e. The van der Waals surface area contributed by atoms with Gasteiger partial charge in [-0.2, -0.15) is 16.9 Å². The summed E-state index contributed by atoms with van der Waals surface area (Å²) in [6, 6.07) is 0. The molecule has 90 valence electrons. The van der Waals surface area contributed by atoms with Gasteiger partial charge in [-0.3, -0.25) is 9.48 Å². The number of carboxylic acids is 1. The van der Waals surface area contributed by atoms with E-state index in [1.54, 1.807) is 0 Å². The molecule has 1 heterocycles. The second-order valence-electron chi connectivity index (χ2n) is 3.64. The highest BCUT2D eigenvalue weighted by molar-refractivity contribution is 7.99. The van der Waals surface area contributed by atoms with E-state index in [0.29, 0.717) is 0 Å². The topological polar surface area (TPSA) is 55.1 Å². The smallest absolute Gasteiger partial charge is 0.307 e. The van der Waals surface area contributed by atoms with E-state index in [0.717, 1.165) is 35.0 Å². The molecular weight excluding hydrogens is 224 g/mol. The summed E-state index contributed by atoms with van der Waals surface area (Å²) in [7, 11) is 0. The van der Waals surface area contributed by atoms with Crippen LogP contribution in [0.4, 0.5) is 0 Å². The highest BCUT2D eigenvalue weighted by atomic mass is 32.2. The standard InChI is InChI=1S/C11H18N2O2S/c1-4-16-6-5-13-9(3)10(7-11(14)15)8(2)12-13/h4-7H2,1-3H3,(H,14,15). The number of hydrogen-bond acceptors (Lipinski definition) is 3. The van der Waals surface area contributed by atoms with Crippen LogP contribution in [-0.4, -0.2) is 32.4 Å². The third kappa shape index (κ3) is 3.27. The van der Waals surface area contributed by atoms with Crippen LogP contribution >= 0.6 is 11.8 Å². The second kappa shape index (κ2) is 5.94. The fourth-order valence-corrected chi connectivity index (χ4v) is 2.24. The van der Waals surface area contributed by atoms with Crippen molar-refractivity contribution in [2.75, 3.05) is 11.5 Å². The maximum Gasteiger partial charge on any atom is 0.307 e. The van der Waals surface area contributed by atoms with E-state index in [1.165, 1.54) is 0 Å². The highest BCUT2D eigenvalue weighted by Crippen LogP contribution is 2.14. The van der Waals surface area contributed by atoms with Gasteiger partial charge in [-0.1, -0.05) is 6.92 Å². The number of aromatic nitrogens is 2. The summed E-state index contributed by atoms with van der Waals surface area (Å²) in [5, 5.41) is 13.2. The summed E-state index contributed by atoms with van der Waals surface area (Å²) in [6.07, 6.45) is 0.0680. The van der Waals surface area contributed by atoms with Crippen LogP contribution in [0.2, 0.25) is 0 Å². The first kappa shape index (κ1) is 13.1. The molecule has 0 spiro atoms. The molecule has 0 unspecified atom stereocenters. The molecule has 0 bridgehead atoms. The Kier molecular flexibility index (Phi) is 4.86. The SMILES string of the molecule is CCSCCn1nc(C)c(CC(=O)O)c1C. The average Bonchev–Trinajstić information content (AvgIpc) is 2.46. The van der Waals surface area contributed by atoms with Gasteiger partial charge in [-0.05, 0) is 19.6 Å². The summed E-state index contributed by atoms with van der Waals surface area (Å²) in [5.41, 5.74) is 2.67. The van der Waals surface area contributed by atoms with Crippen molar-refractivity contribution in [2.45, 2.75) is 33.7 Å². The minimum absolute atomic E-state index is 0.0680. The van der Waals surface area contributed by atoms with Crippen molar-refractivity contribution in [2.24, 2.45) is 0 Å². The van der Waals surface area contributed by atoms with Gasteiger partial charge in [0.2, 0.25) is 0 Å². The molecule has 0 amide bonds. The Hall–Kier alpha value is -0.970. The molecule has 1 aromatic heterocycles. The van der Waals surface area contributed by atoms with E-state index in [9.17, 15) is 4.79 Å². The predicted octanol–water partition coefficient (Wildman–Crippen LogP) is 1.88. The second-order valence-corrected chi connectivity index (χ2v) is 5.03. The van der Waals surface area contributed by atoms with Crippen molar-refractivity contribution in [3.8, 4) is 0 Å². The van der Waals surface area contributed by atoms with Crippen LogP contribution in [0.25, 0.3) is 0 Å². The fourth-order valence-electron chi connectivity index (χ4n) is 1.65. The number of aryl methyl sites for hydroxylation is 2. The molecule has 0 aliphatic heterocycles. The van der Waals surface area contributed by atoms with Gasteiger partial charge in [0, 0.05) is 17.0 Å². The van der Waals surface area contributed by atoms with Crippen molar-refractivity contribution in [1.82, 2.24) is 9.78 Å². The normalized spacial score (nSPS) is 10.7. The summed E-state index contributed by atoms with van der Waals surface area (Å²) in [4.78, 5) is 10.7. The lowest BCUT2D eigenvalue weighted by Crippen LogP contribution is -2.06. The molecule has 16 heavy (non-hydrogen) atoms. The monoisotopic (exact) mass is 242 g/mol. The first-order valence-corrected chi connectivity index (χ1v) is 6.54. The van der Waals surface area contributed by atoms with E-state index in [1.807, 2.05) is 30.3 Å². The first-order chi connectivity index (χ1) is 7.56. The molecule has 0 radical (unpaired) electrons. The Balaban J connectivity index is 2.76. The lowest BCUT2D eigenvalue weighted by Gasteiger charge is -2.03. The predicted molar refractivity (Wildman–Crippen MR) is 66.0 cm³/mol. The zero-order valence-corrected chi connectivity index (χ0v) is 10.8. The van der Waals surface area contributed by atoms with Crippen molar-refractivity contribution in [3.63, 3.8) is 0 Å². The number of rotatable bonds is 6. The van der Waals surface area contributed by atoms with Gasteiger partial charge >= 0.3 is 5.97 Å². The molecule has 0 aliphatic rings. The third-order valence-corrected chi connectivity index (χ3v) is 3.39. The van der Waals surface area contributed by atoms with Crippen LogP contribution < -0.4 is 0 Å². The van der Waals surface area contributed by atoms with E-state index >= 15 is 0 Å².